The van der Waals surface area contributed by atoms with Crippen LogP contribution in [0.15, 0.2) is 42.5 Å². The van der Waals surface area contributed by atoms with Gasteiger partial charge in [-0.05, 0) is 44.5 Å². The van der Waals surface area contributed by atoms with E-state index >= 15 is 0 Å². The second kappa shape index (κ2) is 9.57. The van der Waals surface area contributed by atoms with Crippen molar-refractivity contribution in [3.63, 3.8) is 0 Å². The van der Waals surface area contributed by atoms with E-state index in [4.69, 9.17) is 4.74 Å². The van der Waals surface area contributed by atoms with Gasteiger partial charge >= 0.3 is 0 Å². The fourth-order valence-electron chi connectivity index (χ4n) is 2.81. The minimum Gasteiger partial charge on any atom is -0.491 e. The Labute approximate surface area is 175 Å². The van der Waals surface area contributed by atoms with Crippen LogP contribution in [0.2, 0.25) is 0 Å². The zero-order valence-electron chi connectivity index (χ0n) is 17.3. The number of hydrogen-bond donors (Lipinski definition) is 1. The fourth-order valence-corrected chi connectivity index (χ4v) is 3.71. The number of nitro groups is 1. The van der Waals surface area contributed by atoms with Crippen molar-refractivity contribution in [2.75, 3.05) is 17.1 Å². The molecule has 0 aliphatic heterocycles. The average molecular weight is 436 g/mol. The normalized spacial score (nSPS) is 11.2. The van der Waals surface area contributed by atoms with Gasteiger partial charge in [0.05, 0.1) is 28.5 Å². The second-order valence-electron chi connectivity index (χ2n) is 7.04. The highest BCUT2D eigenvalue weighted by atomic mass is 32.2. The molecule has 0 aromatic heterocycles. The van der Waals surface area contributed by atoms with Gasteiger partial charge in [0.2, 0.25) is 15.9 Å². The maximum Gasteiger partial charge on any atom is 0.274 e. The molecule has 0 unspecified atom stereocenters. The molecule has 1 N–H and O–H groups in total. The van der Waals surface area contributed by atoms with E-state index in [0.717, 1.165) is 16.1 Å². The smallest absolute Gasteiger partial charge is 0.274 e. The van der Waals surface area contributed by atoms with E-state index in [2.05, 4.69) is 5.32 Å². The lowest BCUT2D eigenvalue weighted by Crippen LogP contribution is -2.40. The third-order valence-corrected chi connectivity index (χ3v) is 5.34. The second-order valence-corrected chi connectivity index (χ2v) is 8.94. The number of rotatable bonds is 9. The van der Waals surface area contributed by atoms with Gasteiger partial charge in [-0.3, -0.25) is 19.2 Å². The molecule has 0 fully saturated rings. The molecule has 2 aromatic carbocycles. The van der Waals surface area contributed by atoms with Gasteiger partial charge in [-0.15, -0.1) is 0 Å². The van der Waals surface area contributed by atoms with Crippen LogP contribution in [-0.2, 0) is 21.4 Å². The summed E-state index contributed by atoms with van der Waals surface area (Å²) in [5.41, 5.74) is 0.862. The van der Waals surface area contributed by atoms with Crippen molar-refractivity contribution in [3.05, 3.63) is 63.7 Å². The first-order chi connectivity index (χ1) is 14.0. The van der Waals surface area contributed by atoms with Crippen LogP contribution in [0.5, 0.6) is 5.75 Å². The Balaban J connectivity index is 2.12. The molecule has 0 radical (unpaired) electrons. The maximum atomic E-state index is 12.4. The molecule has 0 aliphatic carbocycles. The lowest BCUT2D eigenvalue weighted by molar-refractivity contribution is -0.385. The van der Waals surface area contributed by atoms with E-state index in [1.807, 2.05) is 13.8 Å². The molecule has 0 saturated carbocycles. The van der Waals surface area contributed by atoms with Gasteiger partial charge in [0.25, 0.3) is 5.69 Å². The lowest BCUT2D eigenvalue weighted by Gasteiger charge is -2.23. The molecule has 0 heterocycles. The van der Waals surface area contributed by atoms with Crippen LogP contribution in [0.1, 0.15) is 25.0 Å². The Morgan fingerprint density at radius 1 is 1.20 bits per heavy atom. The van der Waals surface area contributed by atoms with Gasteiger partial charge in [-0.2, -0.15) is 0 Å². The van der Waals surface area contributed by atoms with Gasteiger partial charge in [0.1, 0.15) is 12.3 Å². The number of carbonyl (C=O) groups is 1. The zero-order valence-corrected chi connectivity index (χ0v) is 18.1. The molecule has 0 atom stereocenters. The molecule has 10 heteroatoms. The topological polar surface area (TPSA) is 119 Å². The number of sulfonamides is 1. The van der Waals surface area contributed by atoms with Crippen LogP contribution in [0.3, 0.4) is 0 Å². The van der Waals surface area contributed by atoms with Crippen molar-refractivity contribution in [3.8, 4) is 5.75 Å². The van der Waals surface area contributed by atoms with Gasteiger partial charge < -0.3 is 10.1 Å². The molecule has 30 heavy (non-hydrogen) atoms. The molecular formula is C20H25N3O6S. The fraction of sp³-hybridized carbons (Fsp3) is 0.350. The number of hydrogen-bond acceptors (Lipinski definition) is 6. The molecule has 0 spiro atoms. The molecule has 9 nitrogen and oxygen atoms in total. The van der Waals surface area contributed by atoms with Gasteiger partial charge in [0.15, 0.2) is 0 Å². The van der Waals surface area contributed by atoms with Gasteiger partial charge in [-0.1, -0.05) is 18.2 Å². The van der Waals surface area contributed by atoms with E-state index in [9.17, 15) is 23.3 Å². The summed E-state index contributed by atoms with van der Waals surface area (Å²) in [7, 11) is -3.84. The SMILES string of the molecule is Cc1c(N(CC(=O)NCc2ccc(OC(C)C)cc2)S(C)(=O)=O)cccc1[N+](=O)[O-]. The Hall–Kier alpha value is -3.14. The summed E-state index contributed by atoms with van der Waals surface area (Å²) in [5.74, 6) is 0.179. The van der Waals surface area contributed by atoms with Crippen LogP contribution in [0.25, 0.3) is 0 Å². The lowest BCUT2D eigenvalue weighted by atomic mass is 10.1. The van der Waals surface area contributed by atoms with Crippen molar-refractivity contribution in [2.24, 2.45) is 0 Å². The first-order valence-electron chi connectivity index (χ1n) is 9.23. The predicted molar refractivity (Wildman–Crippen MR) is 114 cm³/mol. The molecule has 1 amide bonds. The molecule has 2 rings (SSSR count). The molecular weight excluding hydrogens is 410 g/mol. The number of benzene rings is 2. The number of amides is 1. The zero-order chi connectivity index (χ0) is 22.5. The first kappa shape index (κ1) is 23.1. The molecule has 162 valence electrons. The summed E-state index contributed by atoms with van der Waals surface area (Å²) in [6, 6.07) is 11.3. The Kier molecular flexibility index (Phi) is 7.38. The Bertz CT molecular complexity index is 1020. The molecule has 2 aromatic rings. The number of anilines is 1. The van der Waals surface area contributed by atoms with Crippen LogP contribution in [0.4, 0.5) is 11.4 Å². The number of carbonyl (C=O) groups excluding carboxylic acids is 1. The summed E-state index contributed by atoms with van der Waals surface area (Å²) in [6.45, 7) is 5.00. The first-order valence-corrected chi connectivity index (χ1v) is 11.1. The minimum absolute atomic E-state index is 0.0507. The predicted octanol–water partition coefficient (Wildman–Crippen LogP) is 2.77. The summed E-state index contributed by atoms with van der Waals surface area (Å²) >= 11 is 0. The van der Waals surface area contributed by atoms with Crippen molar-refractivity contribution < 1.29 is 22.9 Å². The quantitative estimate of drug-likeness (QED) is 0.478. The van der Waals surface area contributed by atoms with E-state index in [1.165, 1.54) is 25.1 Å². The third kappa shape index (κ3) is 6.18. The van der Waals surface area contributed by atoms with E-state index < -0.39 is 27.4 Å². The van der Waals surface area contributed by atoms with Crippen molar-refractivity contribution in [2.45, 2.75) is 33.4 Å². The van der Waals surface area contributed by atoms with E-state index in [1.54, 1.807) is 24.3 Å². The highest BCUT2D eigenvalue weighted by Gasteiger charge is 2.25. The minimum atomic E-state index is -3.84. The van der Waals surface area contributed by atoms with Crippen molar-refractivity contribution in [1.29, 1.82) is 0 Å². The third-order valence-electron chi connectivity index (χ3n) is 4.21. The molecule has 0 aliphatic rings. The Morgan fingerprint density at radius 2 is 1.83 bits per heavy atom. The standard InChI is InChI=1S/C20H25N3O6S/c1-14(2)29-17-10-8-16(9-11-17)12-21-20(24)13-22(30(4,27)28)18-6-5-7-19(15(18)3)23(25)26/h5-11,14H,12-13H2,1-4H3,(H,21,24). The van der Waals surface area contributed by atoms with Crippen LogP contribution >= 0.6 is 0 Å². The monoisotopic (exact) mass is 435 g/mol. The van der Waals surface area contributed by atoms with Crippen LogP contribution in [0, 0.1) is 17.0 Å². The number of nitro benzene ring substituents is 1. The Morgan fingerprint density at radius 3 is 2.37 bits per heavy atom. The highest BCUT2D eigenvalue weighted by Crippen LogP contribution is 2.29. The highest BCUT2D eigenvalue weighted by molar-refractivity contribution is 7.92. The maximum absolute atomic E-state index is 12.4. The molecule has 0 bridgehead atoms. The summed E-state index contributed by atoms with van der Waals surface area (Å²) < 4.78 is 31.0. The van der Waals surface area contributed by atoms with Gasteiger partial charge in [-0.25, -0.2) is 8.42 Å². The number of nitrogens with one attached hydrogen (secondary N) is 1. The van der Waals surface area contributed by atoms with E-state index in [0.29, 0.717) is 5.75 Å². The summed E-state index contributed by atoms with van der Waals surface area (Å²) in [4.78, 5) is 23.0. The summed E-state index contributed by atoms with van der Waals surface area (Å²) in [5, 5.41) is 13.8. The molecule has 0 saturated heterocycles. The summed E-state index contributed by atoms with van der Waals surface area (Å²) in [6.07, 6.45) is 1.00. The number of nitrogens with zero attached hydrogens (tertiary/aromatic N) is 2. The average Bonchev–Trinajstić information content (AvgIpc) is 2.64. The number of ether oxygens (including phenoxy) is 1. The van der Waals surface area contributed by atoms with Crippen LogP contribution in [-0.4, -0.2) is 38.2 Å². The largest absolute Gasteiger partial charge is 0.491 e. The van der Waals surface area contributed by atoms with Crippen molar-refractivity contribution in [1.82, 2.24) is 5.32 Å². The van der Waals surface area contributed by atoms with Gasteiger partial charge in [0, 0.05) is 12.6 Å². The van der Waals surface area contributed by atoms with Crippen molar-refractivity contribution >= 4 is 27.3 Å². The van der Waals surface area contributed by atoms with E-state index in [-0.39, 0.29) is 29.6 Å². The van der Waals surface area contributed by atoms with Crippen LogP contribution < -0.4 is 14.4 Å².